The Bertz CT molecular complexity index is 1010. The van der Waals surface area contributed by atoms with Gasteiger partial charge in [-0.05, 0) is 88.2 Å². The van der Waals surface area contributed by atoms with E-state index in [-0.39, 0.29) is 12.0 Å². The first-order valence-electron chi connectivity index (χ1n) is 9.58. The zero-order valence-electron chi connectivity index (χ0n) is 17.4. The van der Waals surface area contributed by atoms with Crippen LogP contribution >= 0.6 is 0 Å². The Morgan fingerprint density at radius 2 is 1.59 bits per heavy atom. The molecule has 6 heteroatoms. The minimum Gasteiger partial charge on any atom is -0.491 e. The number of ether oxygens (including phenoxy) is 1. The fraction of sp³-hybridized carbons (Fsp3) is 0.261. The number of hydrogen-bond acceptors (Lipinski definition) is 5. The quantitative estimate of drug-likeness (QED) is 0.606. The Morgan fingerprint density at radius 3 is 2.24 bits per heavy atom. The highest BCUT2D eigenvalue weighted by atomic mass is 16.5. The van der Waals surface area contributed by atoms with Crippen LogP contribution in [0.2, 0.25) is 0 Å². The number of carbonyl (C=O) groups is 1. The summed E-state index contributed by atoms with van der Waals surface area (Å²) in [5.74, 6) is 0.853. The number of amides is 1. The summed E-state index contributed by atoms with van der Waals surface area (Å²) in [6.07, 6.45) is 0.0997. The van der Waals surface area contributed by atoms with Crippen molar-refractivity contribution in [2.75, 3.05) is 10.6 Å². The van der Waals surface area contributed by atoms with E-state index < -0.39 is 0 Å². The maximum atomic E-state index is 12.7. The zero-order chi connectivity index (χ0) is 21.0. The highest BCUT2D eigenvalue weighted by molar-refractivity contribution is 6.03. The summed E-state index contributed by atoms with van der Waals surface area (Å²) >= 11 is 0. The molecule has 0 aliphatic heterocycles. The Labute approximate surface area is 171 Å². The van der Waals surface area contributed by atoms with Crippen LogP contribution in [0.25, 0.3) is 0 Å². The Morgan fingerprint density at radius 1 is 0.897 bits per heavy atom. The molecular formula is C23H26N4O2. The third kappa shape index (κ3) is 5.54. The number of nitrogens with zero attached hydrogens (tertiary/aromatic N) is 2. The SMILES string of the molecule is Cc1cc(C(=O)Nc2ccc(OC(C)C)cc2)nc(Nc2ccc(C)c(C)c2)n1. The summed E-state index contributed by atoms with van der Waals surface area (Å²) < 4.78 is 5.62. The number of aromatic nitrogens is 2. The smallest absolute Gasteiger partial charge is 0.274 e. The van der Waals surface area contributed by atoms with Crippen LogP contribution < -0.4 is 15.4 Å². The normalized spacial score (nSPS) is 10.7. The lowest BCUT2D eigenvalue weighted by atomic mass is 10.1. The van der Waals surface area contributed by atoms with E-state index in [0.29, 0.717) is 23.0 Å². The van der Waals surface area contributed by atoms with Crippen molar-refractivity contribution < 1.29 is 9.53 Å². The van der Waals surface area contributed by atoms with E-state index in [1.807, 2.05) is 58.0 Å². The summed E-state index contributed by atoms with van der Waals surface area (Å²) in [4.78, 5) is 21.4. The van der Waals surface area contributed by atoms with Gasteiger partial charge in [-0.25, -0.2) is 9.97 Å². The first-order chi connectivity index (χ1) is 13.8. The number of aryl methyl sites for hydroxylation is 3. The molecule has 29 heavy (non-hydrogen) atoms. The van der Waals surface area contributed by atoms with Crippen LogP contribution in [-0.4, -0.2) is 22.0 Å². The number of rotatable bonds is 6. The van der Waals surface area contributed by atoms with Gasteiger partial charge in [0.05, 0.1) is 6.10 Å². The molecule has 0 saturated carbocycles. The Kier molecular flexibility index (Phi) is 6.12. The molecule has 3 rings (SSSR count). The van der Waals surface area contributed by atoms with Gasteiger partial charge >= 0.3 is 0 Å². The molecule has 0 fully saturated rings. The lowest BCUT2D eigenvalue weighted by molar-refractivity contribution is 0.102. The largest absolute Gasteiger partial charge is 0.491 e. The minimum atomic E-state index is -0.295. The topological polar surface area (TPSA) is 76.1 Å². The molecule has 2 aromatic carbocycles. The first-order valence-corrected chi connectivity index (χ1v) is 9.58. The van der Waals surface area contributed by atoms with Crippen LogP contribution in [0, 0.1) is 20.8 Å². The van der Waals surface area contributed by atoms with Crippen molar-refractivity contribution in [2.24, 2.45) is 0 Å². The van der Waals surface area contributed by atoms with Gasteiger partial charge in [0, 0.05) is 17.1 Å². The van der Waals surface area contributed by atoms with Crippen LogP contribution in [0.3, 0.4) is 0 Å². The van der Waals surface area contributed by atoms with Gasteiger partial charge < -0.3 is 15.4 Å². The third-order valence-corrected chi connectivity index (χ3v) is 4.33. The lowest BCUT2D eigenvalue weighted by Crippen LogP contribution is -2.15. The minimum absolute atomic E-state index is 0.0997. The monoisotopic (exact) mass is 390 g/mol. The molecule has 3 aromatic rings. The standard InChI is InChI=1S/C23H26N4O2/c1-14(2)29-20-10-8-18(9-11-20)25-22(28)21-13-17(5)24-23(27-21)26-19-7-6-15(3)16(4)12-19/h6-14H,1-5H3,(H,25,28)(H,24,26,27). The average Bonchev–Trinajstić information content (AvgIpc) is 2.65. The number of nitrogens with one attached hydrogen (secondary N) is 2. The first kappa shape index (κ1) is 20.3. The van der Waals surface area contributed by atoms with Crippen LogP contribution in [0.4, 0.5) is 17.3 Å². The van der Waals surface area contributed by atoms with E-state index in [2.05, 4.69) is 27.5 Å². The summed E-state index contributed by atoms with van der Waals surface area (Å²) in [6, 6.07) is 15.0. The van der Waals surface area contributed by atoms with Gasteiger partial charge in [0.25, 0.3) is 5.91 Å². The third-order valence-electron chi connectivity index (χ3n) is 4.33. The Balaban J connectivity index is 1.74. The second kappa shape index (κ2) is 8.73. The maximum absolute atomic E-state index is 12.7. The van der Waals surface area contributed by atoms with Crippen LogP contribution in [0.15, 0.2) is 48.5 Å². The Hall–Kier alpha value is -3.41. The fourth-order valence-corrected chi connectivity index (χ4v) is 2.77. The zero-order valence-corrected chi connectivity index (χ0v) is 17.4. The van der Waals surface area contributed by atoms with Crippen LogP contribution in [-0.2, 0) is 0 Å². The van der Waals surface area contributed by atoms with E-state index >= 15 is 0 Å². The summed E-state index contributed by atoms with van der Waals surface area (Å²) in [5, 5.41) is 6.04. The van der Waals surface area contributed by atoms with Gasteiger partial charge in [0.15, 0.2) is 0 Å². The molecule has 1 aromatic heterocycles. The van der Waals surface area contributed by atoms with Gasteiger partial charge in [0.2, 0.25) is 5.95 Å². The number of anilines is 3. The molecule has 2 N–H and O–H groups in total. The molecule has 0 radical (unpaired) electrons. The summed E-state index contributed by atoms with van der Waals surface area (Å²) in [7, 11) is 0. The molecular weight excluding hydrogens is 364 g/mol. The van der Waals surface area contributed by atoms with Crippen molar-refractivity contribution in [3.63, 3.8) is 0 Å². The van der Waals surface area contributed by atoms with Crippen molar-refractivity contribution in [3.05, 3.63) is 71.0 Å². The van der Waals surface area contributed by atoms with E-state index in [1.165, 1.54) is 11.1 Å². The second-order valence-electron chi connectivity index (χ2n) is 7.29. The number of carbonyl (C=O) groups excluding carboxylic acids is 1. The molecule has 0 unspecified atom stereocenters. The van der Waals surface area contributed by atoms with Gasteiger partial charge in [-0.1, -0.05) is 6.07 Å². The van der Waals surface area contributed by atoms with Gasteiger partial charge in [0.1, 0.15) is 11.4 Å². The second-order valence-corrected chi connectivity index (χ2v) is 7.29. The summed E-state index contributed by atoms with van der Waals surface area (Å²) in [5.41, 5.74) is 4.94. The van der Waals surface area contributed by atoms with E-state index in [0.717, 1.165) is 11.4 Å². The highest BCUT2D eigenvalue weighted by Crippen LogP contribution is 2.20. The van der Waals surface area contributed by atoms with Crippen molar-refractivity contribution in [1.29, 1.82) is 0 Å². The van der Waals surface area contributed by atoms with Crippen molar-refractivity contribution in [2.45, 2.75) is 40.7 Å². The van der Waals surface area contributed by atoms with Crippen LogP contribution in [0.1, 0.15) is 41.2 Å². The molecule has 0 bridgehead atoms. The molecule has 0 spiro atoms. The lowest BCUT2D eigenvalue weighted by Gasteiger charge is -2.11. The van der Waals surface area contributed by atoms with E-state index in [4.69, 9.17) is 4.74 Å². The van der Waals surface area contributed by atoms with E-state index in [9.17, 15) is 4.79 Å². The summed E-state index contributed by atoms with van der Waals surface area (Å²) in [6.45, 7) is 9.88. The number of hydrogen-bond donors (Lipinski definition) is 2. The predicted molar refractivity (Wildman–Crippen MR) is 116 cm³/mol. The molecule has 1 amide bonds. The maximum Gasteiger partial charge on any atom is 0.274 e. The fourth-order valence-electron chi connectivity index (χ4n) is 2.77. The number of benzene rings is 2. The molecule has 0 atom stereocenters. The van der Waals surface area contributed by atoms with Crippen molar-refractivity contribution in [1.82, 2.24) is 9.97 Å². The van der Waals surface area contributed by atoms with Crippen molar-refractivity contribution in [3.8, 4) is 5.75 Å². The predicted octanol–water partition coefficient (Wildman–Crippen LogP) is 5.18. The molecule has 0 aliphatic rings. The van der Waals surface area contributed by atoms with Gasteiger partial charge in [-0.2, -0.15) is 0 Å². The molecule has 0 aliphatic carbocycles. The average molecular weight is 390 g/mol. The molecule has 0 saturated heterocycles. The van der Waals surface area contributed by atoms with E-state index in [1.54, 1.807) is 18.2 Å². The molecule has 6 nitrogen and oxygen atoms in total. The van der Waals surface area contributed by atoms with Gasteiger partial charge in [-0.15, -0.1) is 0 Å². The van der Waals surface area contributed by atoms with Crippen molar-refractivity contribution >= 4 is 23.2 Å². The molecule has 150 valence electrons. The highest BCUT2D eigenvalue weighted by Gasteiger charge is 2.12. The van der Waals surface area contributed by atoms with Crippen LogP contribution in [0.5, 0.6) is 5.75 Å². The van der Waals surface area contributed by atoms with Gasteiger partial charge in [-0.3, -0.25) is 4.79 Å². The molecule has 1 heterocycles.